The molecule has 22 heavy (non-hydrogen) atoms. The van der Waals surface area contributed by atoms with Crippen LogP contribution in [-0.2, 0) is 4.79 Å². The van der Waals surface area contributed by atoms with Crippen LogP contribution in [0.5, 0.6) is 0 Å². The number of amides is 1. The minimum atomic E-state index is -0.109. The molecule has 0 bridgehead atoms. The number of benzene rings is 2. The van der Waals surface area contributed by atoms with E-state index in [0.717, 1.165) is 16.5 Å². The number of carbonyl (C=O) groups excluding carboxylic acids is 1. The van der Waals surface area contributed by atoms with Gasteiger partial charge in [0.15, 0.2) is 0 Å². The van der Waals surface area contributed by atoms with Gasteiger partial charge in [-0.15, -0.1) is 10.2 Å². The molecule has 0 radical (unpaired) electrons. The Kier molecular flexibility index (Phi) is 3.97. The second-order valence-electron chi connectivity index (χ2n) is 4.76. The number of thioether (sulfide) groups is 1. The zero-order valence-corrected chi connectivity index (χ0v) is 12.8. The molecule has 0 saturated heterocycles. The summed E-state index contributed by atoms with van der Waals surface area (Å²) in [5.41, 5.74) is 0.800. The quantitative estimate of drug-likeness (QED) is 0.569. The van der Waals surface area contributed by atoms with Crippen molar-refractivity contribution < 1.29 is 4.79 Å². The summed E-state index contributed by atoms with van der Waals surface area (Å²) in [6, 6.07) is 13.7. The molecule has 0 aliphatic rings. The number of hydrogen-bond donors (Lipinski definition) is 2. The van der Waals surface area contributed by atoms with Crippen LogP contribution in [0.25, 0.3) is 10.8 Å². The zero-order chi connectivity index (χ0) is 15.5. The van der Waals surface area contributed by atoms with E-state index in [4.69, 9.17) is 5.84 Å². The molecule has 2 aromatic carbocycles. The van der Waals surface area contributed by atoms with Crippen molar-refractivity contribution in [1.82, 2.24) is 14.9 Å². The van der Waals surface area contributed by atoms with Crippen molar-refractivity contribution in [3.05, 3.63) is 48.3 Å². The maximum Gasteiger partial charge on any atom is 0.234 e. The highest BCUT2D eigenvalue weighted by Crippen LogP contribution is 2.23. The molecule has 6 nitrogen and oxygen atoms in total. The van der Waals surface area contributed by atoms with Gasteiger partial charge in [-0.3, -0.25) is 4.79 Å². The first-order valence-electron chi connectivity index (χ1n) is 6.72. The number of hydrogen-bond acceptors (Lipinski definition) is 5. The van der Waals surface area contributed by atoms with E-state index in [1.165, 1.54) is 16.4 Å². The van der Waals surface area contributed by atoms with Crippen LogP contribution < -0.4 is 11.2 Å². The largest absolute Gasteiger partial charge is 0.336 e. The van der Waals surface area contributed by atoms with Gasteiger partial charge in [0.2, 0.25) is 11.1 Å². The summed E-state index contributed by atoms with van der Waals surface area (Å²) in [5.74, 6) is 6.47. The number of nitrogens with zero attached hydrogens (tertiary/aromatic N) is 3. The number of nitrogen functional groups attached to an aromatic ring is 1. The van der Waals surface area contributed by atoms with Crippen molar-refractivity contribution in [1.29, 1.82) is 0 Å². The second kappa shape index (κ2) is 6.07. The Labute approximate surface area is 131 Å². The third-order valence-corrected chi connectivity index (χ3v) is 4.17. The Morgan fingerprint density at radius 2 is 2.00 bits per heavy atom. The highest BCUT2D eigenvalue weighted by molar-refractivity contribution is 7.99. The van der Waals surface area contributed by atoms with E-state index in [-0.39, 0.29) is 11.7 Å². The standard InChI is InChI=1S/C15H15N5OS/c1-10-18-19-15(20(10)16)22-9-14(21)17-13-8-4-6-11-5-2-3-7-12(11)13/h2-8H,9,16H2,1H3,(H,17,21). The normalized spacial score (nSPS) is 10.8. The van der Waals surface area contributed by atoms with Gasteiger partial charge >= 0.3 is 0 Å². The van der Waals surface area contributed by atoms with Gasteiger partial charge in [0.05, 0.1) is 5.75 Å². The van der Waals surface area contributed by atoms with Crippen LogP contribution in [0.4, 0.5) is 5.69 Å². The number of fused-ring (bicyclic) bond motifs is 1. The summed E-state index contributed by atoms with van der Waals surface area (Å²) < 4.78 is 1.37. The molecular formula is C15H15N5OS. The molecule has 3 aromatic rings. The number of carbonyl (C=O) groups is 1. The van der Waals surface area contributed by atoms with Crippen molar-refractivity contribution in [2.24, 2.45) is 0 Å². The molecule has 0 aliphatic carbocycles. The van der Waals surface area contributed by atoms with Crippen LogP contribution in [0.2, 0.25) is 0 Å². The SMILES string of the molecule is Cc1nnc(SCC(=O)Nc2cccc3ccccc23)n1N. The number of anilines is 1. The maximum absolute atomic E-state index is 12.1. The van der Waals surface area contributed by atoms with Crippen LogP contribution in [0.3, 0.4) is 0 Å². The minimum Gasteiger partial charge on any atom is -0.336 e. The van der Waals surface area contributed by atoms with Gasteiger partial charge < -0.3 is 11.2 Å². The number of rotatable bonds is 4. The molecule has 1 heterocycles. The van der Waals surface area contributed by atoms with E-state index in [1.54, 1.807) is 6.92 Å². The predicted octanol–water partition coefficient (Wildman–Crippen LogP) is 2.18. The van der Waals surface area contributed by atoms with Gasteiger partial charge in [0.25, 0.3) is 0 Å². The lowest BCUT2D eigenvalue weighted by Crippen LogP contribution is -2.16. The van der Waals surface area contributed by atoms with Gasteiger partial charge in [-0.05, 0) is 18.4 Å². The number of nitrogens with one attached hydrogen (secondary N) is 1. The van der Waals surface area contributed by atoms with Gasteiger partial charge in [-0.2, -0.15) is 0 Å². The highest BCUT2D eigenvalue weighted by atomic mass is 32.2. The molecule has 1 amide bonds. The van der Waals surface area contributed by atoms with Crippen molar-refractivity contribution in [3.8, 4) is 0 Å². The smallest absolute Gasteiger partial charge is 0.234 e. The third kappa shape index (κ3) is 2.89. The van der Waals surface area contributed by atoms with E-state index in [2.05, 4.69) is 15.5 Å². The molecule has 3 rings (SSSR count). The Morgan fingerprint density at radius 1 is 1.23 bits per heavy atom. The first kappa shape index (κ1) is 14.4. The van der Waals surface area contributed by atoms with E-state index < -0.39 is 0 Å². The molecule has 112 valence electrons. The molecular weight excluding hydrogens is 298 g/mol. The average molecular weight is 313 g/mol. The van der Waals surface area contributed by atoms with Gasteiger partial charge in [-0.1, -0.05) is 48.2 Å². The van der Waals surface area contributed by atoms with Crippen molar-refractivity contribution in [3.63, 3.8) is 0 Å². The molecule has 0 spiro atoms. The van der Waals surface area contributed by atoms with Crippen LogP contribution in [0.15, 0.2) is 47.6 Å². The molecule has 0 saturated carbocycles. The Hall–Kier alpha value is -2.54. The second-order valence-corrected chi connectivity index (χ2v) is 5.71. The summed E-state index contributed by atoms with van der Waals surface area (Å²) in [6.45, 7) is 1.76. The zero-order valence-electron chi connectivity index (χ0n) is 12.0. The summed E-state index contributed by atoms with van der Waals surface area (Å²) in [7, 11) is 0. The maximum atomic E-state index is 12.1. The first-order chi connectivity index (χ1) is 10.6. The monoisotopic (exact) mass is 313 g/mol. The van der Waals surface area contributed by atoms with Gasteiger partial charge in [-0.25, -0.2) is 4.68 Å². The topological polar surface area (TPSA) is 85.8 Å². The molecule has 0 atom stereocenters. The number of aromatic nitrogens is 3. The average Bonchev–Trinajstić information content (AvgIpc) is 2.85. The van der Waals surface area contributed by atoms with Crippen molar-refractivity contribution in [2.45, 2.75) is 12.1 Å². The summed E-state index contributed by atoms with van der Waals surface area (Å²) in [6.07, 6.45) is 0. The minimum absolute atomic E-state index is 0.109. The fraction of sp³-hybridized carbons (Fsp3) is 0.133. The third-order valence-electron chi connectivity index (χ3n) is 3.23. The molecule has 1 aromatic heterocycles. The fourth-order valence-corrected chi connectivity index (χ4v) is 2.80. The van der Waals surface area contributed by atoms with Crippen LogP contribution in [0.1, 0.15) is 5.82 Å². The Balaban J connectivity index is 1.70. The summed E-state index contributed by atoms with van der Waals surface area (Å²) in [4.78, 5) is 12.1. The van der Waals surface area contributed by atoms with Gasteiger partial charge in [0.1, 0.15) is 5.82 Å². The summed E-state index contributed by atoms with van der Waals surface area (Å²) >= 11 is 1.25. The predicted molar refractivity (Wildman–Crippen MR) is 88.2 cm³/mol. The van der Waals surface area contributed by atoms with Crippen molar-refractivity contribution >= 4 is 34.1 Å². The van der Waals surface area contributed by atoms with Crippen molar-refractivity contribution in [2.75, 3.05) is 16.9 Å². The van der Waals surface area contributed by atoms with Crippen LogP contribution >= 0.6 is 11.8 Å². The Bertz CT molecular complexity index is 824. The lowest BCUT2D eigenvalue weighted by atomic mass is 10.1. The van der Waals surface area contributed by atoms with Crippen LogP contribution in [0, 0.1) is 6.92 Å². The molecule has 3 N–H and O–H groups in total. The van der Waals surface area contributed by atoms with E-state index in [9.17, 15) is 4.79 Å². The van der Waals surface area contributed by atoms with E-state index >= 15 is 0 Å². The molecule has 7 heteroatoms. The van der Waals surface area contributed by atoms with Gasteiger partial charge in [0, 0.05) is 11.1 Å². The summed E-state index contributed by atoms with van der Waals surface area (Å²) in [5, 5.41) is 13.3. The number of aryl methyl sites for hydroxylation is 1. The first-order valence-corrected chi connectivity index (χ1v) is 7.71. The fourth-order valence-electron chi connectivity index (χ4n) is 2.10. The molecule has 0 unspecified atom stereocenters. The number of nitrogens with two attached hydrogens (primary N) is 1. The molecule has 0 aliphatic heterocycles. The van der Waals surface area contributed by atoms with E-state index in [1.807, 2.05) is 42.5 Å². The lowest BCUT2D eigenvalue weighted by Gasteiger charge is -2.08. The highest BCUT2D eigenvalue weighted by Gasteiger charge is 2.10. The van der Waals surface area contributed by atoms with Crippen LogP contribution in [-0.4, -0.2) is 26.5 Å². The lowest BCUT2D eigenvalue weighted by molar-refractivity contribution is -0.113. The molecule has 0 fully saturated rings. The Morgan fingerprint density at radius 3 is 2.77 bits per heavy atom. The van der Waals surface area contributed by atoms with E-state index in [0.29, 0.717) is 11.0 Å².